The van der Waals surface area contributed by atoms with Crippen molar-refractivity contribution < 1.29 is 24.5 Å². The van der Waals surface area contributed by atoms with E-state index in [9.17, 15) is 19.8 Å². The van der Waals surface area contributed by atoms with Gasteiger partial charge >= 0.3 is 0 Å². The Morgan fingerprint density at radius 2 is 1.76 bits per heavy atom. The number of phenolic OH excluding ortho intramolecular Hbond substituents is 2. The Labute approximate surface area is 196 Å². The number of carbonyl (C=O) groups excluding carboxylic acids is 2. The normalized spacial score (nSPS) is 35.7. The lowest BCUT2D eigenvalue weighted by atomic mass is 9.61. The van der Waals surface area contributed by atoms with Gasteiger partial charge in [-0.3, -0.25) is 9.59 Å². The van der Waals surface area contributed by atoms with E-state index in [1.165, 1.54) is 17.6 Å². The Bertz CT molecular complexity index is 1080. The second-order valence-corrected chi connectivity index (χ2v) is 12.2. The van der Waals surface area contributed by atoms with Gasteiger partial charge in [0.25, 0.3) is 0 Å². The molecule has 1 aliphatic heterocycles. The summed E-state index contributed by atoms with van der Waals surface area (Å²) in [6, 6.07) is 0. The van der Waals surface area contributed by atoms with Gasteiger partial charge in [0.2, 0.25) is 0 Å². The molecule has 0 radical (unpaired) electrons. The van der Waals surface area contributed by atoms with Crippen LogP contribution in [0.25, 0.3) is 0 Å². The lowest BCUT2D eigenvalue weighted by molar-refractivity contribution is 0.111. The van der Waals surface area contributed by atoms with Crippen LogP contribution in [0.2, 0.25) is 0 Å². The molecule has 33 heavy (non-hydrogen) atoms. The molecule has 0 spiro atoms. The lowest BCUT2D eigenvalue weighted by Gasteiger charge is -2.42. The fourth-order valence-corrected chi connectivity index (χ4v) is 8.08. The first-order valence-corrected chi connectivity index (χ1v) is 12.4. The molecule has 2 fully saturated rings. The van der Waals surface area contributed by atoms with Crippen molar-refractivity contribution >= 4 is 12.6 Å². The van der Waals surface area contributed by atoms with Crippen molar-refractivity contribution in [3.8, 4) is 17.2 Å². The highest BCUT2D eigenvalue weighted by Gasteiger charge is 2.70. The average Bonchev–Trinajstić information content (AvgIpc) is 3.24. The average molecular weight is 453 g/mol. The van der Waals surface area contributed by atoms with Gasteiger partial charge in [-0.15, -0.1) is 0 Å². The number of allylic oxidation sites excluding steroid dienone is 1. The molecule has 1 aromatic carbocycles. The second-order valence-electron chi connectivity index (χ2n) is 12.2. The van der Waals surface area contributed by atoms with Gasteiger partial charge in [0.05, 0.1) is 11.1 Å². The highest BCUT2D eigenvalue weighted by molar-refractivity contribution is 5.95. The van der Waals surface area contributed by atoms with Crippen molar-refractivity contribution in [1.82, 2.24) is 0 Å². The van der Waals surface area contributed by atoms with E-state index >= 15 is 0 Å². The molecule has 5 heteroatoms. The molecule has 2 N–H and O–H groups in total. The molecule has 5 nitrogen and oxygen atoms in total. The minimum atomic E-state index is -0.492. The zero-order valence-corrected chi connectivity index (χ0v) is 20.6. The van der Waals surface area contributed by atoms with Gasteiger partial charge in [-0.2, -0.15) is 0 Å². The molecule has 0 unspecified atom stereocenters. The molecule has 1 aromatic rings. The highest BCUT2D eigenvalue weighted by atomic mass is 16.5. The third kappa shape index (κ3) is 2.83. The number of phenols is 2. The van der Waals surface area contributed by atoms with Crippen molar-refractivity contribution in [2.75, 3.05) is 0 Å². The molecule has 4 aliphatic rings. The molecule has 0 saturated heterocycles. The van der Waals surface area contributed by atoms with E-state index in [2.05, 4.69) is 41.5 Å². The van der Waals surface area contributed by atoms with Crippen LogP contribution in [0.3, 0.4) is 0 Å². The Hall–Kier alpha value is -2.30. The lowest BCUT2D eigenvalue weighted by Crippen LogP contribution is -2.34. The van der Waals surface area contributed by atoms with E-state index in [0.29, 0.717) is 41.8 Å². The minimum Gasteiger partial charge on any atom is -0.507 e. The highest BCUT2D eigenvalue weighted by Crippen LogP contribution is 2.75. The minimum absolute atomic E-state index is 0.0251. The van der Waals surface area contributed by atoms with Gasteiger partial charge in [0.1, 0.15) is 23.4 Å². The van der Waals surface area contributed by atoms with Gasteiger partial charge in [-0.1, -0.05) is 40.2 Å². The fraction of sp³-hybridized carbons (Fsp3) is 0.643. The first kappa shape index (κ1) is 22.5. The molecule has 0 amide bonds. The van der Waals surface area contributed by atoms with E-state index in [0.717, 1.165) is 19.3 Å². The summed E-state index contributed by atoms with van der Waals surface area (Å²) < 4.78 is 6.61. The quantitative estimate of drug-likeness (QED) is 0.431. The van der Waals surface area contributed by atoms with Crippen molar-refractivity contribution in [3.05, 3.63) is 27.8 Å². The zero-order valence-electron chi connectivity index (χ0n) is 20.6. The molecule has 3 aliphatic carbocycles. The number of aldehydes is 2. The maximum atomic E-state index is 12.1. The van der Waals surface area contributed by atoms with Gasteiger partial charge < -0.3 is 14.9 Å². The summed E-state index contributed by atoms with van der Waals surface area (Å²) in [5.74, 6) is 1.37. The van der Waals surface area contributed by atoms with Crippen LogP contribution in [0.4, 0.5) is 0 Å². The summed E-state index contributed by atoms with van der Waals surface area (Å²) in [6.45, 7) is 13.7. The molecule has 178 valence electrons. The number of hydrogen-bond acceptors (Lipinski definition) is 5. The maximum Gasteiger partial charge on any atom is 0.157 e. The number of ether oxygens (including phenoxy) is 1. The molecule has 5 rings (SSSR count). The Kier molecular flexibility index (Phi) is 4.84. The van der Waals surface area contributed by atoms with Gasteiger partial charge in [-0.05, 0) is 78.6 Å². The summed E-state index contributed by atoms with van der Waals surface area (Å²) in [5.41, 5.74) is 3.16. The molecular formula is C28H36O5. The van der Waals surface area contributed by atoms with Crippen molar-refractivity contribution in [2.45, 2.75) is 79.2 Å². The SMILES string of the molecule is CC1=C2[C@H]([C@H]3[C@@H](CC1)C3(C)C)[C@]1(C)C[C@H]2Oc2c(C=O)c(O)c(C=O)c(O)c2[C@H]1CC(C)C. The zero-order chi connectivity index (χ0) is 24.0. The Morgan fingerprint density at radius 1 is 1.09 bits per heavy atom. The third-order valence-corrected chi connectivity index (χ3v) is 9.70. The van der Waals surface area contributed by atoms with Crippen LogP contribution in [0.1, 0.15) is 99.4 Å². The van der Waals surface area contributed by atoms with Crippen LogP contribution in [-0.2, 0) is 0 Å². The predicted molar refractivity (Wildman–Crippen MR) is 126 cm³/mol. The molecule has 2 bridgehead atoms. The fourth-order valence-electron chi connectivity index (χ4n) is 8.08. The number of benzene rings is 1. The number of rotatable bonds is 4. The van der Waals surface area contributed by atoms with E-state index in [1.54, 1.807) is 0 Å². The summed E-state index contributed by atoms with van der Waals surface area (Å²) in [5, 5.41) is 21.9. The van der Waals surface area contributed by atoms with E-state index in [4.69, 9.17) is 4.74 Å². The van der Waals surface area contributed by atoms with Crippen LogP contribution in [-0.4, -0.2) is 28.9 Å². The first-order valence-electron chi connectivity index (χ1n) is 12.4. The Morgan fingerprint density at radius 3 is 2.36 bits per heavy atom. The smallest absolute Gasteiger partial charge is 0.157 e. The van der Waals surface area contributed by atoms with Crippen LogP contribution in [0, 0.1) is 34.5 Å². The maximum absolute atomic E-state index is 12.1. The molecular weight excluding hydrogens is 416 g/mol. The molecule has 2 saturated carbocycles. The van der Waals surface area contributed by atoms with Crippen molar-refractivity contribution in [1.29, 1.82) is 0 Å². The summed E-state index contributed by atoms with van der Waals surface area (Å²) >= 11 is 0. The summed E-state index contributed by atoms with van der Waals surface area (Å²) in [6.07, 6.45) is 4.67. The molecule has 1 heterocycles. The topological polar surface area (TPSA) is 83.8 Å². The number of hydrogen-bond donors (Lipinski definition) is 2. The largest absolute Gasteiger partial charge is 0.507 e. The van der Waals surface area contributed by atoms with Crippen LogP contribution in [0.5, 0.6) is 17.2 Å². The number of aromatic hydroxyl groups is 2. The van der Waals surface area contributed by atoms with E-state index < -0.39 is 5.75 Å². The van der Waals surface area contributed by atoms with E-state index in [1.807, 2.05) is 0 Å². The van der Waals surface area contributed by atoms with Gasteiger partial charge in [0, 0.05) is 5.56 Å². The van der Waals surface area contributed by atoms with Crippen molar-refractivity contribution in [2.24, 2.45) is 34.5 Å². The number of fused-ring (bicyclic) bond motifs is 8. The first-order chi connectivity index (χ1) is 15.5. The third-order valence-electron chi connectivity index (χ3n) is 9.70. The standard InChI is InChI=1S/C28H36O5/c1-13(2)9-18-21-25(32)15(11-29)24(31)16(12-30)26(21)33-19-10-28(18,6)23-20(19)14(3)7-8-17-22(23)27(17,4)5/h11-13,17-19,22-23,31-32H,7-10H2,1-6H3/t17-,18-,19-,22-,23-,28-/m1/s1. The second kappa shape index (κ2) is 7.10. The molecule has 0 aromatic heterocycles. The monoisotopic (exact) mass is 452 g/mol. The predicted octanol–water partition coefficient (Wildman–Crippen LogP) is 6.02. The molecule has 6 atom stereocenters. The number of carbonyl (C=O) groups is 2. The van der Waals surface area contributed by atoms with Gasteiger partial charge in [-0.25, -0.2) is 0 Å². The van der Waals surface area contributed by atoms with Crippen LogP contribution < -0.4 is 4.74 Å². The van der Waals surface area contributed by atoms with E-state index in [-0.39, 0.29) is 45.5 Å². The Balaban J connectivity index is 1.82. The summed E-state index contributed by atoms with van der Waals surface area (Å²) in [4.78, 5) is 23.9. The summed E-state index contributed by atoms with van der Waals surface area (Å²) in [7, 11) is 0. The van der Waals surface area contributed by atoms with Gasteiger partial charge in [0.15, 0.2) is 12.6 Å². The van der Waals surface area contributed by atoms with Crippen LogP contribution >= 0.6 is 0 Å². The van der Waals surface area contributed by atoms with Crippen LogP contribution in [0.15, 0.2) is 11.1 Å². The van der Waals surface area contributed by atoms with Crippen molar-refractivity contribution in [3.63, 3.8) is 0 Å².